The maximum absolute atomic E-state index is 12.9. The highest BCUT2D eigenvalue weighted by molar-refractivity contribution is 8.00. The summed E-state index contributed by atoms with van der Waals surface area (Å²) in [5, 5.41) is 8.21. The van der Waals surface area contributed by atoms with Gasteiger partial charge >= 0.3 is 0 Å². The van der Waals surface area contributed by atoms with Crippen molar-refractivity contribution in [1.82, 2.24) is 10.2 Å². The van der Waals surface area contributed by atoms with Crippen LogP contribution in [0.3, 0.4) is 0 Å². The third-order valence-electron chi connectivity index (χ3n) is 4.52. The van der Waals surface area contributed by atoms with Crippen LogP contribution in [0.2, 0.25) is 0 Å². The Hall–Kier alpha value is -2.80. The summed E-state index contributed by atoms with van der Waals surface area (Å²) in [5.41, 5.74) is 2.93. The zero-order valence-corrected chi connectivity index (χ0v) is 15.9. The molecule has 1 amide bonds. The molecule has 2 heterocycles. The van der Waals surface area contributed by atoms with Crippen LogP contribution < -0.4 is 9.64 Å². The van der Waals surface area contributed by atoms with Gasteiger partial charge in [0, 0.05) is 12.2 Å². The molecule has 3 aromatic rings. The lowest BCUT2D eigenvalue weighted by atomic mass is 10.2. The molecule has 1 unspecified atom stereocenters. The fourth-order valence-electron chi connectivity index (χ4n) is 3.18. The largest absolute Gasteiger partial charge is 0.496 e. The highest BCUT2D eigenvalue weighted by atomic mass is 32.2. The smallest absolute Gasteiger partial charge is 0.277 e. The lowest BCUT2D eigenvalue weighted by molar-refractivity contribution is -0.117. The first-order valence-electron chi connectivity index (χ1n) is 8.70. The van der Waals surface area contributed by atoms with E-state index >= 15 is 0 Å². The van der Waals surface area contributed by atoms with Gasteiger partial charge in [-0.05, 0) is 37.1 Å². The summed E-state index contributed by atoms with van der Waals surface area (Å²) in [6.45, 7) is 2.57. The molecule has 1 aliphatic heterocycles. The van der Waals surface area contributed by atoms with E-state index < -0.39 is 0 Å². The number of ether oxygens (including phenoxy) is 1. The highest BCUT2D eigenvalue weighted by Crippen LogP contribution is 2.33. The minimum Gasteiger partial charge on any atom is -0.496 e. The van der Waals surface area contributed by atoms with Gasteiger partial charge in [0.2, 0.25) is 5.91 Å². The number of amides is 1. The number of carbonyl (C=O) groups is 1. The van der Waals surface area contributed by atoms with Crippen molar-refractivity contribution in [2.75, 3.05) is 18.6 Å². The molecule has 0 fully saturated rings. The van der Waals surface area contributed by atoms with Gasteiger partial charge in [-0.25, -0.2) is 0 Å². The van der Waals surface area contributed by atoms with Crippen molar-refractivity contribution < 1.29 is 13.9 Å². The van der Waals surface area contributed by atoms with Crippen LogP contribution in [0.15, 0.2) is 58.2 Å². The Kier molecular flexibility index (Phi) is 4.85. The second-order valence-corrected chi connectivity index (χ2v) is 7.49. The number of fused-ring (bicyclic) bond motifs is 1. The second-order valence-electron chi connectivity index (χ2n) is 6.20. The molecule has 138 valence electrons. The average molecular weight is 381 g/mol. The van der Waals surface area contributed by atoms with E-state index in [9.17, 15) is 4.79 Å². The Morgan fingerprint density at radius 1 is 1.19 bits per heavy atom. The topological polar surface area (TPSA) is 68.5 Å². The predicted molar refractivity (Wildman–Crippen MR) is 104 cm³/mol. The lowest BCUT2D eigenvalue weighted by Gasteiger charge is -2.20. The van der Waals surface area contributed by atoms with Crippen LogP contribution in [0.5, 0.6) is 5.75 Å². The van der Waals surface area contributed by atoms with E-state index in [1.165, 1.54) is 17.3 Å². The van der Waals surface area contributed by atoms with Gasteiger partial charge in [-0.15, -0.1) is 10.2 Å². The third-order valence-corrected chi connectivity index (χ3v) is 5.44. The summed E-state index contributed by atoms with van der Waals surface area (Å²) >= 11 is 1.27. The third kappa shape index (κ3) is 3.42. The summed E-state index contributed by atoms with van der Waals surface area (Å²) in [4.78, 5) is 14.7. The summed E-state index contributed by atoms with van der Waals surface area (Å²) in [5.74, 6) is 1.08. The van der Waals surface area contributed by atoms with Crippen LogP contribution in [0.25, 0.3) is 11.5 Å². The van der Waals surface area contributed by atoms with Crippen molar-refractivity contribution in [1.29, 1.82) is 0 Å². The van der Waals surface area contributed by atoms with Gasteiger partial charge in [0.25, 0.3) is 11.1 Å². The Labute approximate surface area is 161 Å². The quantitative estimate of drug-likeness (QED) is 0.626. The molecule has 0 bridgehead atoms. The molecule has 4 rings (SSSR count). The first-order chi connectivity index (χ1) is 13.2. The lowest BCUT2D eigenvalue weighted by Crippen LogP contribution is -2.35. The van der Waals surface area contributed by atoms with Gasteiger partial charge < -0.3 is 14.1 Å². The Morgan fingerprint density at radius 2 is 1.96 bits per heavy atom. The number of thioether (sulfide) groups is 1. The van der Waals surface area contributed by atoms with Crippen LogP contribution in [0.4, 0.5) is 5.69 Å². The summed E-state index contributed by atoms with van der Waals surface area (Å²) in [6.07, 6.45) is 0.887. The molecule has 0 saturated heterocycles. The van der Waals surface area contributed by atoms with Gasteiger partial charge in [-0.1, -0.05) is 42.1 Å². The molecule has 7 heteroatoms. The van der Waals surface area contributed by atoms with Gasteiger partial charge in [0.1, 0.15) is 5.75 Å². The first kappa shape index (κ1) is 17.6. The molecule has 0 N–H and O–H groups in total. The molecule has 6 nitrogen and oxygen atoms in total. The number of benzene rings is 2. The first-order valence-corrected chi connectivity index (χ1v) is 9.58. The minimum absolute atomic E-state index is 0.0435. The number of carbonyl (C=O) groups excluding carboxylic acids is 1. The maximum Gasteiger partial charge on any atom is 0.277 e. The molecular weight excluding hydrogens is 362 g/mol. The molecule has 1 aliphatic rings. The number of hydrogen-bond donors (Lipinski definition) is 0. The Bertz CT molecular complexity index is 972. The molecule has 1 atom stereocenters. The van der Waals surface area contributed by atoms with Crippen LogP contribution in [0.1, 0.15) is 12.5 Å². The molecule has 0 saturated carbocycles. The molecule has 1 aromatic heterocycles. The van der Waals surface area contributed by atoms with Gasteiger partial charge in [0.15, 0.2) is 0 Å². The second kappa shape index (κ2) is 7.44. The van der Waals surface area contributed by atoms with Crippen LogP contribution in [0, 0.1) is 0 Å². The zero-order chi connectivity index (χ0) is 18.8. The standard InChI is InChI=1S/C20H19N3O3S/c1-13(19(24)23-12-11-14-7-3-5-9-16(14)23)27-20-22-21-18(26-20)15-8-4-6-10-17(15)25-2/h3-10,13H,11-12H2,1-2H3. The van der Waals surface area contributed by atoms with E-state index in [4.69, 9.17) is 9.15 Å². The number of methoxy groups -OCH3 is 1. The summed E-state index contributed by atoms with van der Waals surface area (Å²) in [6, 6.07) is 15.5. The molecule has 2 aromatic carbocycles. The molecule has 27 heavy (non-hydrogen) atoms. The fraction of sp³-hybridized carbons (Fsp3) is 0.250. The number of anilines is 1. The van der Waals surface area contributed by atoms with E-state index in [0.717, 1.165) is 17.7 Å². The summed E-state index contributed by atoms with van der Waals surface area (Å²) < 4.78 is 11.1. The van der Waals surface area contributed by atoms with Crippen molar-refractivity contribution in [3.8, 4) is 17.2 Å². The van der Waals surface area contributed by atoms with Gasteiger partial charge in [-0.2, -0.15) is 0 Å². The number of para-hydroxylation sites is 2. The average Bonchev–Trinajstić information content (AvgIpc) is 3.34. The van der Waals surface area contributed by atoms with Crippen molar-refractivity contribution in [3.63, 3.8) is 0 Å². The molecule has 0 aliphatic carbocycles. The van der Waals surface area contributed by atoms with Crippen LogP contribution in [-0.4, -0.2) is 35.0 Å². The molecular formula is C20H19N3O3S. The van der Waals surface area contributed by atoms with Gasteiger partial charge in [-0.3, -0.25) is 4.79 Å². The van der Waals surface area contributed by atoms with Crippen LogP contribution >= 0.6 is 11.8 Å². The Balaban J connectivity index is 1.49. The Morgan fingerprint density at radius 3 is 2.81 bits per heavy atom. The normalized spacial score (nSPS) is 14.1. The van der Waals surface area contributed by atoms with E-state index in [1.807, 2.05) is 54.3 Å². The number of hydrogen-bond acceptors (Lipinski definition) is 6. The maximum atomic E-state index is 12.9. The van der Waals surface area contributed by atoms with Crippen molar-refractivity contribution in [3.05, 3.63) is 54.1 Å². The van der Waals surface area contributed by atoms with Crippen molar-refractivity contribution in [2.24, 2.45) is 0 Å². The fourth-order valence-corrected chi connectivity index (χ4v) is 3.92. The molecule has 0 radical (unpaired) electrons. The zero-order valence-electron chi connectivity index (χ0n) is 15.1. The predicted octanol–water partition coefficient (Wildman–Crippen LogP) is 3.82. The monoisotopic (exact) mass is 381 g/mol. The molecule has 0 spiro atoms. The minimum atomic E-state index is -0.331. The van der Waals surface area contributed by atoms with E-state index in [0.29, 0.717) is 23.4 Å². The van der Waals surface area contributed by atoms with E-state index in [-0.39, 0.29) is 11.2 Å². The highest BCUT2D eigenvalue weighted by Gasteiger charge is 2.29. The SMILES string of the molecule is COc1ccccc1-c1nnc(SC(C)C(=O)N2CCc3ccccc32)o1. The van der Waals surface area contributed by atoms with Crippen molar-refractivity contribution >= 4 is 23.4 Å². The van der Waals surface area contributed by atoms with E-state index in [2.05, 4.69) is 16.3 Å². The number of rotatable bonds is 5. The van der Waals surface area contributed by atoms with E-state index in [1.54, 1.807) is 7.11 Å². The number of nitrogens with zero attached hydrogens (tertiary/aromatic N) is 3. The number of aromatic nitrogens is 2. The van der Waals surface area contributed by atoms with Crippen LogP contribution in [-0.2, 0) is 11.2 Å². The van der Waals surface area contributed by atoms with Crippen molar-refractivity contribution in [2.45, 2.75) is 23.8 Å². The van der Waals surface area contributed by atoms with Gasteiger partial charge in [0.05, 0.1) is 17.9 Å². The summed E-state index contributed by atoms with van der Waals surface area (Å²) in [7, 11) is 1.60.